The van der Waals surface area contributed by atoms with Gasteiger partial charge in [0.15, 0.2) is 11.0 Å². The maximum absolute atomic E-state index is 12.1. The van der Waals surface area contributed by atoms with Crippen molar-refractivity contribution < 1.29 is 14.0 Å². The second kappa shape index (κ2) is 6.10. The van der Waals surface area contributed by atoms with Crippen molar-refractivity contribution in [1.29, 1.82) is 0 Å². The van der Waals surface area contributed by atoms with E-state index in [0.717, 1.165) is 12.8 Å². The first-order valence-corrected chi connectivity index (χ1v) is 6.82. The van der Waals surface area contributed by atoms with Crippen LogP contribution in [0.25, 0.3) is 0 Å². The summed E-state index contributed by atoms with van der Waals surface area (Å²) in [6, 6.07) is 3.30. The third-order valence-corrected chi connectivity index (χ3v) is 3.46. The van der Waals surface area contributed by atoms with E-state index in [0.29, 0.717) is 19.5 Å². The molecule has 6 heteroatoms. The molecule has 1 saturated heterocycles. The molecule has 0 saturated carbocycles. The van der Waals surface area contributed by atoms with E-state index in [4.69, 9.17) is 16.0 Å². The lowest BCUT2D eigenvalue weighted by Gasteiger charge is -2.31. The van der Waals surface area contributed by atoms with Crippen LogP contribution in [-0.2, 0) is 4.79 Å². The molecule has 0 bridgehead atoms. The molecule has 0 aliphatic carbocycles. The summed E-state index contributed by atoms with van der Waals surface area (Å²) in [5, 5.41) is 3.17. The van der Waals surface area contributed by atoms with Crippen LogP contribution in [0.2, 0.25) is 5.22 Å². The molecule has 0 atom stereocenters. The molecule has 1 aromatic heterocycles. The minimum absolute atomic E-state index is 0.0580. The fourth-order valence-electron chi connectivity index (χ4n) is 2.14. The number of rotatable bonds is 3. The number of nitrogens with zero attached hydrogens (tertiary/aromatic N) is 1. The normalized spacial score (nSPS) is 16.4. The number of amides is 2. The van der Waals surface area contributed by atoms with E-state index in [-0.39, 0.29) is 28.8 Å². The van der Waals surface area contributed by atoms with Gasteiger partial charge in [-0.3, -0.25) is 9.59 Å². The summed E-state index contributed by atoms with van der Waals surface area (Å²) in [5.74, 6) is 0.177. The summed E-state index contributed by atoms with van der Waals surface area (Å²) in [5.41, 5.74) is 0. The largest absolute Gasteiger partial charge is 0.440 e. The number of carbonyl (C=O) groups is 2. The number of nitrogens with one attached hydrogen (secondary N) is 1. The number of carbonyl (C=O) groups excluding carboxylic acids is 2. The molecule has 0 aromatic carbocycles. The van der Waals surface area contributed by atoms with Gasteiger partial charge in [-0.25, -0.2) is 0 Å². The van der Waals surface area contributed by atoms with E-state index in [2.05, 4.69) is 5.32 Å². The summed E-state index contributed by atoms with van der Waals surface area (Å²) < 4.78 is 5.11. The van der Waals surface area contributed by atoms with Crippen LogP contribution in [-0.4, -0.2) is 35.8 Å². The van der Waals surface area contributed by atoms with Gasteiger partial charge in [0.25, 0.3) is 5.91 Å². The fraction of sp³-hybridized carbons (Fsp3) is 0.538. The highest BCUT2D eigenvalue weighted by molar-refractivity contribution is 6.29. The average molecular weight is 285 g/mol. The smallest absolute Gasteiger partial charge is 0.289 e. The lowest BCUT2D eigenvalue weighted by Crippen LogP contribution is -2.46. The van der Waals surface area contributed by atoms with Gasteiger partial charge >= 0.3 is 0 Å². The molecule has 1 aromatic rings. The molecule has 0 unspecified atom stereocenters. The Bertz CT molecular complexity index is 464. The van der Waals surface area contributed by atoms with Crippen LogP contribution in [0.4, 0.5) is 0 Å². The molecule has 1 aliphatic rings. The molecule has 2 heterocycles. The zero-order chi connectivity index (χ0) is 13.8. The highest BCUT2D eigenvalue weighted by Crippen LogP contribution is 2.18. The molecule has 19 heavy (non-hydrogen) atoms. The van der Waals surface area contributed by atoms with E-state index in [1.807, 2.05) is 6.92 Å². The van der Waals surface area contributed by atoms with Crippen LogP contribution in [0.15, 0.2) is 16.5 Å². The molecule has 5 nitrogen and oxygen atoms in total. The maximum atomic E-state index is 12.1. The second-order valence-corrected chi connectivity index (χ2v) is 4.96. The van der Waals surface area contributed by atoms with E-state index in [9.17, 15) is 9.59 Å². The molecule has 0 spiro atoms. The minimum Gasteiger partial charge on any atom is -0.440 e. The molecule has 1 aliphatic heterocycles. The molecule has 1 fully saturated rings. The van der Waals surface area contributed by atoms with Crippen LogP contribution in [0.3, 0.4) is 0 Å². The number of piperidine rings is 1. The summed E-state index contributed by atoms with van der Waals surface area (Å²) in [6.07, 6.45) is 2.03. The average Bonchev–Trinajstić information content (AvgIpc) is 2.85. The van der Waals surface area contributed by atoms with Gasteiger partial charge in [0.1, 0.15) is 0 Å². The van der Waals surface area contributed by atoms with Crippen molar-refractivity contribution in [3.05, 3.63) is 23.1 Å². The monoisotopic (exact) mass is 284 g/mol. The predicted molar refractivity (Wildman–Crippen MR) is 71.1 cm³/mol. The van der Waals surface area contributed by atoms with Gasteiger partial charge in [-0.05, 0) is 36.6 Å². The van der Waals surface area contributed by atoms with Crippen molar-refractivity contribution in [2.75, 3.05) is 13.1 Å². The van der Waals surface area contributed by atoms with E-state index in [1.54, 1.807) is 17.0 Å². The number of furan rings is 1. The van der Waals surface area contributed by atoms with Crippen molar-refractivity contribution in [2.45, 2.75) is 32.2 Å². The first kappa shape index (κ1) is 13.9. The highest BCUT2D eigenvalue weighted by Gasteiger charge is 2.25. The Balaban J connectivity index is 1.86. The van der Waals surface area contributed by atoms with Crippen molar-refractivity contribution >= 4 is 23.4 Å². The molecule has 2 amide bonds. The molecule has 2 rings (SSSR count). The van der Waals surface area contributed by atoms with Gasteiger partial charge in [0.2, 0.25) is 5.91 Å². The van der Waals surface area contributed by atoms with Gasteiger partial charge in [-0.2, -0.15) is 0 Å². The summed E-state index contributed by atoms with van der Waals surface area (Å²) >= 11 is 5.65. The Morgan fingerprint density at radius 1 is 1.42 bits per heavy atom. The topological polar surface area (TPSA) is 62.6 Å². The lowest BCUT2D eigenvalue weighted by molar-refractivity contribution is -0.121. The van der Waals surface area contributed by atoms with Crippen LogP contribution in [0.1, 0.15) is 36.7 Å². The number of hydrogen-bond acceptors (Lipinski definition) is 3. The van der Waals surface area contributed by atoms with Gasteiger partial charge in [0, 0.05) is 25.6 Å². The molecule has 104 valence electrons. The number of halogens is 1. The standard InChI is InChI=1S/C13H17ClN2O3/c1-2-12(17)15-9-5-7-16(8-6-9)13(18)10-3-4-11(14)19-10/h3-4,9H,2,5-8H2,1H3,(H,15,17). The van der Waals surface area contributed by atoms with E-state index < -0.39 is 0 Å². The van der Waals surface area contributed by atoms with Crippen LogP contribution in [0, 0.1) is 0 Å². The lowest BCUT2D eigenvalue weighted by atomic mass is 10.0. The first-order valence-electron chi connectivity index (χ1n) is 6.44. The Labute approximate surface area is 116 Å². The maximum Gasteiger partial charge on any atom is 0.289 e. The SMILES string of the molecule is CCC(=O)NC1CCN(C(=O)c2ccc(Cl)o2)CC1. The van der Waals surface area contributed by atoms with Crippen LogP contribution >= 0.6 is 11.6 Å². The van der Waals surface area contributed by atoms with Crippen molar-refractivity contribution in [3.63, 3.8) is 0 Å². The minimum atomic E-state index is -0.146. The van der Waals surface area contributed by atoms with E-state index in [1.165, 1.54) is 0 Å². The fourth-order valence-corrected chi connectivity index (χ4v) is 2.29. The molecule has 0 radical (unpaired) electrons. The third kappa shape index (κ3) is 3.50. The van der Waals surface area contributed by atoms with Crippen LogP contribution < -0.4 is 5.32 Å². The molecule has 1 N–H and O–H groups in total. The van der Waals surface area contributed by atoms with Gasteiger partial charge in [0.05, 0.1) is 0 Å². The highest BCUT2D eigenvalue weighted by atomic mass is 35.5. The Morgan fingerprint density at radius 3 is 2.63 bits per heavy atom. The quantitative estimate of drug-likeness (QED) is 0.924. The predicted octanol–water partition coefficient (Wildman–Crippen LogP) is 2.06. The van der Waals surface area contributed by atoms with Crippen molar-refractivity contribution in [2.24, 2.45) is 0 Å². The zero-order valence-electron chi connectivity index (χ0n) is 10.8. The molecular weight excluding hydrogens is 268 g/mol. The van der Waals surface area contributed by atoms with Gasteiger partial charge in [-0.1, -0.05) is 6.92 Å². The van der Waals surface area contributed by atoms with Crippen molar-refractivity contribution in [1.82, 2.24) is 10.2 Å². The summed E-state index contributed by atoms with van der Waals surface area (Å²) in [6.45, 7) is 3.06. The molecular formula is C13H17ClN2O3. The van der Waals surface area contributed by atoms with Crippen LogP contribution in [0.5, 0.6) is 0 Å². The Hall–Kier alpha value is -1.49. The van der Waals surface area contributed by atoms with E-state index >= 15 is 0 Å². The zero-order valence-corrected chi connectivity index (χ0v) is 11.6. The van der Waals surface area contributed by atoms with Crippen molar-refractivity contribution in [3.8, 4) is 0 Å². The second-order valence-electron chi connectivity index (χ2n) is 4.59. The first-order chi connectivity index (χ1) is 9.10. The summed E-state index contributed by atoms with van der Waals surface area (Å²) in [7, 11) is 0. The third-order valence-electron chi connectivity index (χ3n) is 3.25. The number of hydrogen-bond donors (Lipinski definition) is 1. The summed E-state index contributed by atoms with van der Waals surface area (Å²) in [4.78, 5) is 25.1. The number of likely N-dealkylation sites (tertiary alicyclic amines) is 1. The van der Waals surface area contributed by atoms with Gasteiger partial charge < -0.3 is 14.6 Å². The van der Waals surface area contributed by atoms with Gasteiger partial charge in [-0.15, -0.1) is 0 Å². The Kier molecular flexibility index (Phi) is 4.47. The Morgan fingerprint density at radius 2 is 2.11 bits per heavy atom.